The van der Waals surface area contributed by atoms with Crippen LogP contribution in [0.1, 0.15) is 27.7 Å². The Morgan fingerprint density at radius 2 is 2.00 bits per heavy atom. The highest BCUT2D eigenvalue weighted by Gasteiger charge is 2.14. The van der Waals surface area contributed by atoms with E-state index in [1.165, 1.54) is 0 Å². The Balaban J connectivity index is 2.19. The van der Waals surface area contributed by atoms with Crippen LogP contribution >= 0.6 is 0 Å². The van der Waals surface area contributed by atoms with Crippen LogP contribution in [0.25, 0.3) is 11.0 Å². The second kappa shape index (κ2) is 4.20. The summed E-state index contributed by atoms with van der Waals surface area (Å²) in [6.07, 6.45) is 0. The van der Waals surface area contributed by atoms with Gasteiger partial charge in [0, 0.05) is 11.1 Å². The summed E-state index contributed by atoms with van der Waals surface area (Å²) in [5, 5.41) is 4.33. The van der Waals surface area contributed by atoms with E-state index in [9.17, 15) is 0 Å². The molecule has 0 radical (unpaired) electrons. The summed E-state index contributed by atoms with van der Waals surface area (Å²) in [7, 11) is 0. The Morgan fingerprint density at radius 1 is 1.29 bits per heavy atom. The van der Waals surface area contributed by atoms with E-state index in [-0.39, 0.29) is 5.41 Å². The standard InChI is InChI=1S/C13H18N4/c1-9(13(2,3)4)16-17-12-14-10-7-5-6-8-11(10)15-12/h5-8H,1-4H3,(H2,14,15,17)/b16-9-. The van der Waals surface area contributed by atoms with Gasteiger partial charge in [0.25, 0.3) is 0 Å². The molecule has 2 aromatic rings. The largest absolute Gasteiger partial charge is 0.323 e. The molecule has 1 heterocycles. The van der Waals surface area contributed by atoms with E-state index in [2.05, 4.69) is 41.3 Å². The maximum Gasteiger partial charge on any atom is 0.222 e. The number of para-hydroxylation sites is 2. The fourth-order valence-electron chi connectivity index (χ4n) is 1.31. The quantitative estimate of drug-likeness (QED) is 0.613. The lowest BCUT2D eigenvalue weighted by Crippen LogP contribution is -2.18. The molecule has 0 amide bonds. The van der Waals surface area contributed by atoms with Gasteiger partial charge in [-0.05, 0) is 19.1 Å². The number of anilines is 1. The SMILES string of the molecule is C/C(=N/Nc1nc2ccccc2[nH]1)C(C)(C)C. The first-order chi connectivity index (χ1) is 7.97. The van der Waals surface area contributed by atoms with Crippen molar-refractivity contribution in [3.63, 3.8) is 0 Å². The Kier molecular flexibility index (Phi) is 2.88. The van der Waals surface area contributed by atoms with E-state index >= 15 is 0 Å². The van der Waals surface area contributed by atoms with Gasteiger partial charge in [-0.15, -0.1) is 0 Å². The van der Waals surface area contributed by atoms with Crippen LogP contribution < -0.4 is 5.43 Å². The van der Waals surface area contributed by atoms with E-state index in [0.717, 1.165) is 16.7 Å². The Morgan fingerprint density at radius 3 is 2.65 bits per heavy atom. The van der Waals surface area contributed by atoms with Crippen molar-refractivity contribution in [2.75, 3.05) is 5.43 Å². The minimum Gasteiger partial charge on any atom is -0.323 e. The molecule has 0 fully saturated rings. The predicted molar refractivity (Wildman–Crippen MR) is 72.3 cm³/mol. The van der Waals surface area contributed by atoms with Crippen LogP contribution in [0.2, 0.25) is 0 Å². The molecule has 0 saturated carbocycles. The summed E-state index contributed by atoms with van der Waals surface area (Å²) in [6.45, 7) is 8.40. The Labute approximate surface area is 101 Å². The highest BCUT2D eigenvalue weighted by molar-refractivity contribution is 5.87. The minimum atomic E-state index is 0.0685. The van der Waals surface area contributed by atoms with Crippen molar-refractivity contribution in [3.05, 3.63) is 24.3 Å². The highest BCUT2D eigenvalue weighted by Crippen LogP contribution is 2.17. The van der Waals surface area contributed by atoms with Crippen LogP contribution in [0.15, 0.2) is 29.4 Å². The molecule has 0 aliphatic heterocycles. The number of aromatic amines is 1. The van der Waals surface area contributed by atoms with E-state index in [1.54, 1.807) is 0 Å². The van der Waals surface area contributed by atoms with Crippen LogP contribution in [-0.4, -0.2) is 15.7 Å². The van der Waals surface area contributed by atoms with Crippen molar-refractivity contribution in [2.24, 2.45) is 10.5 Å². The van der Waals surface area contributed by atoms with Crippen molar-refractivity contribution in [3.8, 4) is 0 Å². The number of aromatic nitrogens is 2. The minimum absolute atomic E-state index is 0.0685. The maximum atomic E-state index is 4.39. The van der Waals surface area contributed by atoms with Gasteiger partial charge in [-0.2, -0.15) is 5.10 Å². The van der Waals surface area contributed by atoms with Crippen molar-refractivity contribution in [1.82, 2.24) is 9.97 Å². The molecule has 0 spiro atoms. The van der Waals surface area contributed by atoms with Gasteiger partial charge in [-0.3, -0.25) is 0 Å². The van der Waals surface area contributed by atoms with E-state index in [4.69, 9.17) is 0 Å². The topological polar surface area (TPSA) is 53.1 Å². The fraction of sp³-hybridized carbons (Fsp3) is 0.385. The Bertz CT molecular complexity index is 513. The van der Waals surface area contributed by atoms with Crippen LogP contribution in [0.4, 0.5) is 5.95 Å². The molecule has 90 valence electrons. The lowest BCUT2D eigenvalue weighted by atomic mass is 9.91. The maximum absolute atomic E-state index is 4.39. The molecule has 1 aromatic carbocycles. The molecule has 0 atom stereocenters. The predicted octanol–water partition coefficient (Wildman–Crippen LogP) is 3.40. The smallest absolute Gasteiger partial charge is 0.222 e. The molecule has 4 nitrogen and oxygen atoms in total. The van der Waals surface area contributed by atoms with E-state index in [1.807, 2.05) is 31.2 Å². The lowest BCUT2D eigenvalue weighted by Gasteiger charge is -2.17. The zero-order chi connectivity index (χ0) is 12.5. The van der Waals surface area contributed by atoms with Gasteiger partial charge >= 0.3 is 0 Å². The van der Waals surface area contributed by atoms with Crippen LogP contribution in [0, 0.1) is 5.41 Å². The number of nitrogens with one attached hydrogen (secondary N) is 2. The Hall–Kier alpha value is -1.84. The molecular formula is C13H18N4. The molecule has 2 rings (SSSR count). The number of hydrazone groups is 1. The summed E-state index contributed by atoms with van der Waals surface area (Å²) in [6, 6.07) is 7.91. The molecule has 0 aliphatic carbocycles. The summed E-state index contributed by atoms with van der Waals surface area (Å²) in [5.41, 5.74) is 6.03. The normalized spacial score (nSPS) is 13.1. The molecule has 0 unspecified atom stereocenters. The molecule has 4 heteroatoms. The highest BCUT2D eigenvalue weighted by atomic mass is 15.4. The first-order valence-electron chi connectivity index (χ1n) is 5.72. The second-order valence-corrected chi connectivity index (χ2v) is 5.16. The second-order valence-electron chi connectivity index (χ2n) is 5.16. The zero-order valence-electron chi connectivity index (χ0n) is 10.7. The number of nitrogens with zero attached hydrogens (tertiary/aromatic N) is 2. The van der Waals surface area contributed by atoms with E-state index < -0.39 is 0 Å². The number of H-pyrrole nitrogens is 1. The third kappa shape index (κ3) is 2.64. The average molecular weight is 230 g/mol. The van der Waals surface area contributed by atoms with Crippen LogP contribution in [0.5, 0.6) is 0 Å². The van der Waals surface area contributed by atoms with Crippen molar-refractivity contribution in [1.29, 1.82) is 0 Å². The van der Waals surface area contributed by atoms with E-state index in [0.29, 0.717) is 5.95 Å². The van der Waals surface area contributed by atoms with Crippen LogP contribution in [0.3, 0.4) is 0 Å². The number of hydrogen-bond donors (Lipinski definition) is 2. The fourth-order valence-corrected chi connectivity index (χ4v) is 1.31. The number of imidazole rings is 1. The third-order valence-electron chi connectivity index (χ3n) is 2.80. The number of hydrogen-bond acceptors (Lipinski definition) is 3. The average Bonchev–Trinajstić information content (AvgIpc) is 2.66. The van der Waals surface area contributed by atoms with Gasteiger partial charge in [0.15, 0.2) is 0 Å². The van der Waals surface area contributed by atoms with Gasteiger partial charge in [0.2, 0.25) is 5.95 Å². The zero-order valence-corrected chi connectivity index (χ0v) is 10.7. The number of fused-ring (bicyclic) bond motifs is 1. The van der Waals surface area contributed by atoms with Gasteiger partial charge in [-0.1, -0.05) is 32.9 Å². The third-order valence-corrected chi connectivity index (χ3v) is 2.80. The first kappa shape index (κ1) is 11.6. The van der Waals surface area contributed by atoms with Crippen molar-refractivity contribution >= 4 is 22.7 Å². The molecule has 0 aliphatic rings. The summed E-state index contributed by atoms with van der Waals surface area (Å²) in [5.74, 6) is 0.676. The van der Waals surface area contributed by atoms with Gasteiger partial charge in [0.1, 0.15) is 0 Å². The summed E-state index contributed by atoms with van der Waals surface area (Å²) >= 11 is 0. The van der Waals surface area contributed by atoms with Gasteiger partial charge in [-0.25, -0.2) is 10.4 Å². The molecule has 17 heavy (non-hydrogen) atoms. The van der Waals surface area contributed by atoms with Gasteiger partial charge in [0.05, 0.1) is 11.0 Å². The van der Waals surface area contributed by atoms with Crippen molar-refractivity contribution in [2.45, 2.75) is 27.7 Å². The molecule has 1 aromatic heterocycles. The molecule has 2 N–H and O–H groups in total. The molecule has 0 bridgehead atoms. The number of benzene rings is 1. The van der Waals surface area contributed by atoms with Crippen LogP contribution in [-0.2, 0) is 0 Å². The summed E-state index contributed by atoms with van der Waals surface area (Å²) < 4.78 is 0. The summed E-state index contributed by atoms with van der Waals surface area (Å²) in [4.78, 5) is 7.57. The monoisotopic (exact) mass is 230 g/mol. The lowest BCUT2D eigenvalue weighted by molar-refractivity contribution is 0.587. The van der Waals surface area contributed by atoms with Crippen molar-refractivity contribution < 1.29 is 0 Å². The first-order valence-corrected chi connectivity index (χ1v) is 5.72. The molecule has 0 saturated heterocycles. The van der Waals surface area contributed by atoms with Gasteiger partial charge < -0.3 is 4.98 Å². The number of rotatable bonds is 2. The molecular weight excluding hydrogens is 212 g/mol.